The summed E-state index contributed by atoms with van der Waals surface area (Å²) in [5.41, 5.74) is 0.144. The minimum atomic E-state index is -1.01. The third-order valence-corrected chi connectivity index (χ3v) is 2.33. The number of carboxylic acid groups (broad SMARTS) is 1. The van der Waals surface area contributed by atoms with Crippen LogP contribution in [0, 0.1) is 0 Å². The lowest BCUT2D eigenvalue weighted by atomic mass is 10.2. The summed E-state index contributed by atoms with van der Waals surface area (Å²) in [7, 11) is 0. The maximum atomic E-state index is 11.0. The normalized spacial score (nSPS) is 12.1. The molecule has 0 aliphatic rings. The fraction of sp³-hybridized carbons (Fsp3) is 0.167. The van der Waals surface area contributed by atoms with Crippen LogP contribution in [0.4, 0.5) is 0 Å². The van der Waals surface area contributed by atoms with Crippen LogP contribution in [0.3, 0.4) is 0 Å². The predicted molar refractivity (Wildman–Crippen MR) is 61.0 cm³/mol. The molecule has 5 heteroatoms. The van der Waals surface area contributed by atoms with Crippen molar-refractivity contribution < 1.29 is 14.6 Å². The molecule has 88 valence electrons. The van der Waals surface area contributed by atoms with Gasteiger partial charge in [-0.15, -0.1) is 0 Å². The number of aromatic carboxylic acids is 1. The van der Waals surface area contributed by atoms with E-state index >= 15 is 0 Å². The van der Waals surface area contributed by atoms with Crippen LogP contribution >= 0.6 is 0 Å². The van der Waals surface area contributed by atoms with Gasteiger partial charge in [0.15, 0.2) is 6.10 Å². The van der Waals surface area contributed by atoms with Crippen molar-refractivity contribution in [2.45, 2.75) is 13.0 Å². The number of aromatic amines is 1. The number of carboxylic acids is 1. The maximum Gasteiger partial charge on any atom is 0.339 e. The van der Waals surface area contributed by atoms with Crippen molar-refractivity contribution in [2.24, 2.45) is 0 Å². The second kappa shape index (κ2) is 4.69. The Morgan fingerprint density at radius 2 is 2.24 bits per heavy atom. The van der Waals surface area contributed by atoms with Gasteiger partial charge in [-0.3, -0.25) is 0 Å². The third-order valence-electron chi connectivity index (χ3n) is 2.33. The Balaban J connectivity index is 2.21. The van der Waals surface area contributed by atoms with Gasteiger partial charge in [-0.2, -0.15) is 0 Å². The smallest absolute Gasteiger partial charge is 0.339 e. The first-order valence-electron chi connectivity index (χ1n) is 5.16. The number of rotatable bonds is 4. The highest BCUT2D eigenvalue weighted by Crippen LogP contribution is 2.23. The number of ether oxygens (including phenoxy) is 1. The molecule has 0 fully saturated rings. The molecule has 1 atom stereocenters. The Hall–Kier alpha value is -2.30. The number of H-pyrrole nitrogens is 1. The molecule has 0 amide bonds. The number of para-hydroxylation sites is 1. The zero-order valence-corrected chi connectivity index (χ0v) is 9.25. The molecule has 0 bridgehead atoms. The highest BCUT2D eigenvalue weighted by Gasteiger charge is 2.15. The molecule has 2 aromatic rings. The summed E-state index contributed by atoms with van der Waals surface area (Å²) >= 11 is 0. The monoisotopic (exact) mass is 232 g/mol. The average Bonchev–Trinajstić information content (AvgIpc) is 2.83. The number of aromatic nitrogens is 2. The lowest BCUT2D eigenvalue weighted by Gasteiger charge is -2.14. The molecule has 1 heterocycles. The molecular formula is C12H12N2O3. The van der Waals surface area contributed by atoms with Gasteiger partial charge in [-0.25, -0.2) is 9.78 Å². The second-order valence-corrected chi connectivity index (χ2v) is 3.54. The Bertz CT molecular complexity index is 508. The SMILES string of the molecule is CC(Oc1ccccc1C(=O)O)c1ncc[nH]1. The number of imidazole rings is 1. The van der Waals surface area contributed by atoms with Crippen LogP contribution in [0.15, 0.2) is 36.7 Å². The number of carbonyl (C=O) groups is 1. The van der Waals surface area contributed by atoms with E-state index in [-0.39, 0.29) is 11.7 Å². The third kappa shape index (κ3) is 2.44. The molecule has 0 aliphatic heterocycles. The fourth-order valence-electron chi connectivity index (χ4n) is 1.49. The lowest BCUT2D eigenvalue weighted by molar-refractivity contribution is 0.0689. The van der Waals surface area contributed by atoms with E-state index in [1.54, 1.807) is 37.5 Å². The Morgan fingerprint density at radius 1 is 1.47 bits per heavy atom. The highest BCUT2D eigenvalue weighted by molar-refractivity contribution is 5.90. The van der Waals surface area contributed by atoms with E-state index in [1.807, 2.05) is 0 Å². The van der Waals surface area contributed by atoms with Crippen LogP contribution in [0.2, 0.25) is 0 Å². The van der Waals surface area contributed by atoms with Crippen molar-refractivity contribution in [1.82, 2.24) is 9.97 Å². The molecule has 0 spiro atoms. The van der Waals surface area contributed by atoms with Crippen molar-refractivity contribution in [3.05, 3.63) is 48.0 Å². The van der Waals surface area contributed by atoms with E-state index in [0.717, 1.165) is 0 Å². The molecule has 17 heavy (non-hydrogen) atoms. The van der Waals surface area contributed by atoms with Gasteiger partial charge in [0.2, 0.25) is 0 Å². The van der Waals surface area contributed by atoms with Crippen molar-refractivity contribution in [3.8, 4) is 5.75 Å². The molecule has 2 N–H and O–H groups in total. The summed E-state index contributed by atoms with van der Waals surface area (Å²) in [6.07, 6.45) is 2.99. The molecule has 0 saturated heterocycles. The first kappa shape index (κ1) is 11.2. The molecule has 1 aromatic carbocycles. The maximum absolute atomic E-state index is 11.0. The molecule has 5 nitrogen and oxygen atoms in total. The van der Waals surface area contributed by atoms with Gasteiger partial charge in [-0.05, 0) is 19.1 Å². The summed E-state index contributed by atoms with van der Waals surface area (Å²) in [4.78, 5) is 18.0. The van der Waals surface area contributed by atoms with Crippen LogP contribution in [0.25, 0.3) is 0 Å². The van der Waals surface area contributed by atoms with Gasteiger partial charge in [0, 0.05) is 12.4 Å². The van der Waals surface area contributed by atoms with Crippen LogP contribution in [0.1, 0.15) is 29.2 Å². The largest absolute Gasteiger partial charge is 0.482 e. The minimum absolute atomic E-state index is 0.144. The van der Waals surface area contributed by atoms with Crippen molar-refractivity contribution in [1.29, 1.82) is 0 Å². The van der Waals surface area contributed by atoms with E-state index in [9.17, 15) is 4.79 Å². The molecule has 1 aromatic heterocycles. The van der Waals surface area contributed by atoms with Crippen LogP contribution < -0.4 is 4.74 Å². The number of hydrogen-bond acceptors (Lipinski definition) is 3. The van der Waals surface area contributed by atoms with Crippen molar-refractivity contribution >= 4 is 5.97 Å². The van der Waals surface area contributed by atoms with Crippen LogP contribution in [-0.2, 0) is 0 Å². The molecule has 0 aliphatic carbocycles. The molecule has 0 saturated carbocycles. The first-order chi connectivity index (χ1) is 8.18. The van der Waals surface area contributed by atoms with Gasteiger partial charge in [0.05, 0.1) is 0 Å². The minimum Gasteiger partial charge on any atom is -0.482 e. The second-order valence-electron chi connectivity index (χ2n) is 3.54. The van der Waals surface area contributed by atoms with E-state index in [2.05, 4.69) is 9.97 Å². The standard InChI is InChI=1S/C12H12N2O3/c1-8(11-13-6-7-14-11)17-10-5-3-2-4-9(10)12(15)16/h2-8H,1H3,(H,13,14)(H,15,16). The summed E-state index contributed by atoms with van der Waals surface area (Å²) in [6, 6.07) is 6.53. The highest BCUT2D eigenvalue weighted by atomic mass is 16.5. The summed E-state index contributed by atoms with van der Waals surface area (Å²) in [5.74, 6) is -0.0127. The van der Waals surface area contributed by atoms with Gasteiger partial charge >= 0.3 is 5.97 Å². The Labute approximate surface area is 98.1 Å². The molecule has 1 unspecified atom stereocenters. The molecule has 2 rings (SSSR count). The van der Waals surface area contributed by atoms with E-state index in [1.165, 1.54) is 6.07 Å². The zero-order chi connectivity index (χ0) is 12.3. The first-order valence-corrected chi connectivity index (χ1v) is 5.16. The van der Waals surface area contributed by atoms with Gasteiger partial charge in [0.25, 0.3) is 0 Å². The van der Waals surface area contributed by atoms with Gasteiger partial charge in [0.1, 0.15) is 17.1 Å². The van der Waals surface area contributed by atoms with Crippen molar-refractivity contribution in [3.63, 3.8) is 0 Å². The van der Waals surface area contributed by atoms with Crippen molar-refractivity contribution in [2.75, 3.05) is 0 Å². The number of nitrogens with one attached hydrogen (secondary N) is 1. The van der Waals surface area contributed by atoms with Crippen LogP contribution in [0.5, 0.6) is 5.75 Å². The van der Waals surface area contributed by atoms with E-state index < -0.39 is 5.97 Å². The summed E-state index contributed by atoms with van der Waals surface area (Å²) < 4.78 is 5.58. The van der Waals surface area contributed by atoms with Gasteiger partial charge < -0.3 is 14.8 Å². The summed E-state index contributed by atoms with van der Waals surface area (Å²) in [5, 5.41) is 9.01. The average molecular weight is 232 g/mol. The number of nitrogens with zero attached hydrogens (tertiary/aromatic N) is 1. The number of hydrogen-bond donors (Lipinski definition) is 2. The Morgan fingerprint density at radius 3 is 2.88 bits per heavy atom. The van der Waals surface area contributed by atoms with E-state index in [0.29, 0.717) is 11.6 Å². The quantitative estimate of drug-likeness (QED) is 0.847. The number of benzene rings is 1. The molecular weight excluding hydrogens is 220 g/mol. The van der Waals surface area contributed by atoms with E-state index in [4.69, 9.17) is 9.84 Å². The predicted octanol–water partition coefficient (Wildman–Crippen LogP) is 2.25. The van der Waals surface area contributed by atoms with Gasteiger partial charge in [-0.1, -0.05) is 12.1 Å². The lowest BCUT2D eigenvalue weighted by Crippen LogP contribution is -2.08. The zero-order valence-electron chi connectivity index (χ0n) is 9.25. The molecule has 0 radical (unpaired) electrons. The van der Waals surface area contributed by atoms with Crippen LogP contribution in [-0.4, -0.2) is 21.0 Å². The topological polar surface area (TPSA) is 75.2 Å². The fourth-order valence-corrected chi connectivity index (χ4v) is 1.49. The Kier molecular flexibility index (Phi) is 3.09. The summed E-state index contributed by atoms with van der Waals surface area (Å²) in [6.45, 7) is 1.80.